The van der Waals surface area contributed by atoms with E-state index >= 15 is 0 Å². The molecule has 0 amide bonds. The van der Waals surface area contributed by atoms with Gasteiger partial charge in [0.15, 0.2) is 5.16 Å². The van der Waals surface area contributed by atoms with Crippen LogP contribution in [-0.4, -0.2) is 50.9 Å². The third-order valence-corrected chi connectivity index (χ3v) is 5.06. The van der Waals surface area contributed by atoms with E-state index in [4.69, 9.17) is 5.11 Å². The van der Waals surface area contributed by atoms with E-state index in [1.165, 1.54) is 36.7 Å². The molecule has 5 nitrogen and oxygen atoms in total. The maximum atomic E-state index is 10.8. The number of imidazole rings is 1. The minimum atomic E-state index is -0.796. The monoisotopic (exact) mass is 311 g/mol. The lowest BCUT2D eigenvalue weighted by molar-refractivity contribution is -0.133. The Bertz CT molecular complexity index is 487. The van der Waals surface area contributed by atoms with Gasteiger partial charge >= 0.3 is 5.97 Å². The second-order valence-corrected chi connectivity index (χ2v) is 6.99. The van der Waals surface area contributed by atoms with E-state index in [9.17, 15) is 4.79 Å². The lowest BCUT2D eigenvalue weighted by atomic mass is 10.0. The molecule has 2 rings (SSSR count). The fourth-order valence-corrected chi connectivity index (χ4v) is 3.56. The summed E-state index contributed by atoms with van der Waals surface area (Å²) in [6.07, 6.45) is 5.65. The van der Waals surface area contributed by atoms with Crippen LogP contribution >= 0.6 is 11.8 Å². The number of aliphatic carboxylic acids is 1. The van der Waals surface area contributed by atoms with Crippen molar-refractivity contribution in [2.75, 3.05) is 19.3 Å². The van der Waals surface area contributed by atoms with E-state index < -0.39 is 5.97 Å². The Morgan fingerprint density at radius 1 is 1.52 bits per heavy atom. The van der Waals surface area contributed by atoms with Gasteiger partial charge < -0.3 is 14.6 Å². The van der Waals surface area contributed by atoms with Gasteiger partial charge in [0.2, 0.25) is 0 Å². The molecule has 1 N–H and O–H groups in total. The van der Waals surface area contributed by atoms with Gasteiger partial charge in [0.1, 0.15) is 0 Å². The first-order valence-corrected chi connectivity index (χ1v) is 8.58. The molecule has 1 unspecified atom stereocenters. The molecule has 1 saturated heterocycles. The molecular formula is C15H25N3O2S. The van der Waals surface area contributed by atoms with E-state index in [0.29, 0.717) is 12.0 Å². The second-order valence-electron chi connectivity index (χ2n) is 6.04. The standard InChI is InChI=1S/C15H25N3O2S/c1-11(2)13-8-16-15(21-10-14(19)20)18(13)9-12-6-4-5-7-17(12)3/h8,11-12H,4-7,9-10H2,1-3H3,(H,19,20). The summed E-state index contributed by atoms with van der Waals surface area (Å²) in [4.78, 5) is 17.7. The van der Waals surface area contributed by atoms with Gasteiger partial charge in [-0.25, -0.2) is 4.98 Å². The Morgan fingerprint density at radius 3 is 2.90 bits per heavy atom. The summed E-state index contributed by atoms with van der Waals surface area (Å²) >= 11 is 1.32. The summed E-state index contributed by atoms with van der Waals surface area (Å²) in [7, 11) is 2.18. The van der Waals surface area contributed by atoms with Crippen molar-refractivity contribution in [2.24, 2.45) is 0 Å². The van der Waals surface area contributed by atoms with Crippen molar-refractivity contribution < 1.29 is 9.90 Å². The summed E-state index contributed by atoms with van der Waals surface area (Å²) in [6.45, 7) is 6.37. The van der Waals surface area contributed by atoms with Crippen molar-refractivity contribution in [3.63, 3.8) is 0 Å². The topological polar surface area (TPSA) is 58.4 Å². The Hall–Kier alpha value is -1.01. The molecule has 0 saturated carbocycles. The molecule has 1 aliphatic rings. The highest BCUT2D eigenvalue weighted by Crippen LogP contribution is 2.26. The van der Waals surface area contributed by atoms with Crippen molar-refractivity contribution in [1.82, 2.24) is 14.5 Å². The van der Waals surface area contributed by atoms with Crippen molar-refractivity contribution in [3.05, 3.63) is 11.9 Å². The minimum Gasteiger partial charge on any atom is -0.481 e. The first kappa shape index (κ1) is 16.4. The zero-order chi connectivity index (χ0) is 15.4. The number of nitrogens with zero attached hydrogens (tertiary/aromatic N) is 3. The Morgan fingerprint density at radius 2 is 2.29 bits per heavy atom. The molecule has 0 radical (unpaired) electrons. The van der Waals surface area contributed by atoms with Gasteiger partial charge in [-0.05, 0) is 32.4 Å². The first-order valence-electron chi connectivity index (χ1n) is 7.59. The van der Waals surface area contributed by atoms with Gasteiger partial charge in [-0.3, -0.25) is 4.79 Å². The van der Waals surface area contributed by atoms with Gasteiger partial charge in [-0.15, -0.1) is 0 Å². The van der Waals surface area contributed by atoms with Gasteiger partial charge in [0.25, 0.3) is 0 Å². The molecule has 0 aromatic carbocycles. The maximum Gasteiger partial charge on any atom is 0.313 e. The average molecular weight is 311 g/mol. The van der Waals surface area contributed by atoms with E-state index in [-0.39, 0.29) is 5.75 Å². The molecular weight excluding hydrogens is 286 g/mol. The number of hydrogen-bond donors (Lipinski definition) is 1. The summed E-state index contributed by atoms with van der Waals surface area (Å²) in [5.74, 6) is -0.337. The molecule has 0 aliphatic carbocycles. The summed E-state index contributed by atoms with van der Waals surface area (Å²) in [5.41, 5.74) is 1.20. The van der Waals surface area contributed by atoms with Crippen LogP contribution in [0.4, 0.5) is 0 Å². The summed E-state index contributed by atoms with van der Waals surface area (Å²) in [5, 5.41) is 9.71. The van der Waals surface area contributed by atoms with Crippen LogP contribution in [0.3, 0.4) is 0 Å². The lowest BCUT2D eigenvalue weighted by Gasteiger charge is -2.33. The minimum absolute atomic E-state index is 0.0645. The zero-order valence-corrected chi connectivity index (χ0v) is 13.9. The molecule has 0 bridgehead atoms. The third-order valence-electron chi connectivity index (χ3n) is 4.08. The number of carboxylic acid groups (broad SMARTS) is 1. The Balaban J connectivity index is 2.17. The Labute approximate surface area is 130 Å². The largest absolute Gasteiger partial charge is 0.481 e. The molecule has 1 aromatic rings. The van der Waals surface area contributed by atoms with E-state index in [2.05, 4.69) is 35.3 Å². The van der Waals surface area contributed by atoms with Crippen molar-refractivity contribution in [3.8, 4) is 0 Å². The second kappa shape index (κ2) is 7.31. The van der Waals surface area contributed by atoms with Crippen LogP contribution in [0.5, 0.6) is 0 Å². The van der Waals surface area contributed by atoms with Crippen LogP contribution in [0.1, 0.15) is 44.7 Å². The fraction of sp³-hybridized carbons (Fsp3) is 0.733. The van der Waals surface area contributed by atoms with Gasteiger partial charge in [0, 0.05) is 24.5 Å². The third kappa shape index (κ3) is 4.23. The number of carbonyl (C=O) groups is 1. The molecule has 21 heavy (non-hydrogen) atoms. The molecule has 1 aliphatic heterocycles. The van der Waals surface area contributed by atoms with Crippen molar-refractivity contribution >= 4 is 17.7 Å². The first-order chi connectivity index (χ1) is 9.99. The number of carboxylic acids is 1. The fourth-order valence-electron chi connectivity index (χ4n) is 2.84. The highest BCUT2D eigenvalue weighted by Gasteiger charge is 2.23. The lowest BCUT2D eigenvalue weighted by Crippen LogP contribution is -2.39. The molecule has 1 aromatic heterocycles. The molecule has 0 spiro atoms. The number of aromatic nitrogens is 2. The number of thioether (sulfide) groups is 1. The van der Waals surface area contributed by atoms with Crippen LogP contribution in [0.25, 0.3) is 0 Å². The van der Waals surface area contributed by atoms with Gasteiger partial charge in [0.05, 0.1) is 5.75 Å². The predicted octanol–water partition coefficient (Wildman–Crippen LogP) is 2.67. The number of likely N-dealkylation sites (tertiary alicyclic amines) is 1. The van der Waals surface area contributed by atoms with Gasteiger partial charge in [-0.1, -0.05) is 32.0 Å². The van der Waals surface area contributed by atoms with Crippen LogP contribution in [0.15, 0.2) is 11.4 Å². The van der Waals surface area contributed by atoms with Crippen molar-refractivity contribution in [2.45, 2.75) is 56.8 Å². The van der Waals surface area contributed by atoms with Crippen molar-refractivity contribution in [1.29, 1.82) is 0 Å². The molecule has 6 heteroatoms. The highest BCUT2D eigenvalue weighted by molar-refractivity contribution is 7.99. The summed E-state index contributed by atoms with van der Waals surface area (Å²) < 4.78 is 2.23. The van der Waals surface area contributed by atoms with Crippen LogP contribution in [0, 0.1) is 0 Å². The highest BCUT2D eigenvalue weighted by atomic mass is 32.2. The average Bonchev–Trinajstić information content (AvgIpc) is 2.82. The molecule has 118 valence electrons. The van der Waals surface area contributed by atoms with Gasteiger partial charge in [-0.2, -0.15) is 0 Å². The number of piperidine rings is 1. The zero-order valence-electron chi connectivity index (χ0n) is 13.1. The van der Waals surface area contributed by atoms with E-state index in [1.54, 1.807) is 0 Å². The molecule has 1 fully saturated rings. The Kier molecular flexibility index (Phi) is 5.70. The molecule has 1 atom stereocenters. The number of likely N-dealkylation sites (N-methyl/N-ethyl adjacent to an activating group) is 1. The van der Waals surface area contributed by atoms with Crippen LogP contribution in [0.2, 0.25) is 0 Å². The summed E-state index contributed by atoms with van der Waals surface area (Å²) in [6, 6.07) is 0.523. The SMILES string of the molecule is CC(C)c1cnc(SCC(=O)O)n1CC1CCCCN1C. The maximum absolute atomic E-state index is 10.8. The quantitative estimate of drug-likeness (QED) is 0.819. The normalized spacial score (nSPS) is 20.1. The number of hydrogen-bond acceptors (Lipinski definition) is 4. The smallest absolute Gasteiger partial charge is 0.313 e. The van der Waals surface area contributed by atoms with E-state index in [0.717, 1.165) is 18.2 Å². The predicted molar refractivity (Wildman–Crippen MR) is 84.9 cm³/mol. The van der Waals surface area contributed by atoms with Crippen LogP contribution < -0.4 is 0 Å². The van der Waals surface area contributed by atoms with E-state index in [1.807, 2.05) is 6.20 Å². The number of rotatable bonds is 6. The van der Waals surface area contributed by atoms with Crippen LogP contribution in [-0.2, 0) is 11.3 Å². The molecule has 2 heterocycles.